The first-order chi connectivity index (χ1) is 10.0. The summed E-state index contributed by atoms with van der Waals surface area (Å²) in [7, 11) is 0. The molecular weight excluding hydrogens is 388 g/mol. The predicted octanol–water partition coefficient (Wildman–Crippen LogP) is 3.41. The fraction of sp³-hybridized carbons (Fsp3) is 0.143. The largest absolute Gasteiger partial charge is 0.375 e. The molecule has 0 fully saturated rings. The Morgan fingerprint density at radius 3 is 2.43 bits per heavy atom. The van der Waals surface area contributed by atoms with Crippen molar-refractivity contribution in [2.45, 2.75) is 13.1 Å². The zero-order chi connectivity index (χ0) is 15.4. The normalized spacial score (nSPS) is 10.4. The summed E-state index contributed by atoms with van der Waals surface area (Å²) in [6.45, 7) is 0.827. The first-order valence-electron chi connectivity index (χ1n) is 6.16. The second-order valence-electron chi connectivity index (χ2n) is 4.41. The lowest BCUT2D eigenvalue weighted by atomic mass is 10.1. The standard InChI is InChI=1S/C14H13FIN3O2/c15-11-5-13(14(19(20)21)6-12(11)16)18-8-10-3-1-9(7-17)2-4-10/h1-6,18H,7-8,17H2. The van der Waals surface area contributed by atoms with Crippen LogP contribution in [0.15, 0.2) is 36.4 Å². The quantitative estimate of drug-likeness (QED) is 0.457. The molecule has 0 heterocycles. The number of nitrogens with two attached hydrogens (primary N) is 1. The highest BCUT2D eigenvalue weighted by Crippen LogP contribution is 2.29. The van der Waals surface area contributed by atoms with Gasteiger partial charge >= 0.3 is 0 Å². The van der Waals surface area contributed by atoms with Crippen molar-refractivity contribution in [3.63, 3.8) is 0 Å². The van der Waals surface area contributed by atoms with Crippen LogP contribution < -0.4 is 11.1 Å². The van der Waals surface area contributed by atoms with Gasteiger partial charge in [0, 0.05) is 25.2 Å². The van der Waals surface area contributed by atoms with Crippen LogP contribution in [0.25, 0.3) is 0 Å². The molecule has 0 radical (unpaired) electrons. The van der Waals surface area contributed by atoms with Gasteiger partial charge in [0.15, 0.2) is 0 Å². The third-order valence-electron chi connectivity index (χ3n) is 2.98. The summed E-state index contributed by atoms with van der Waals surface area (Å²) in [6, 6.07) is 9.90. The Kier molecular flexibility index (Phi) is 5.07. The summed E-state index contributed by atoms with van der Waals surface area (Å²) in [5.74, 6) is -0.484. The maximum atomic E-state index is 13.6. The second kappa shape index (κ2) is 6.81. The summed E-state index contributed by atoms with van der Waals surface area (Å²) in [6.07, 6.45) is 0. The van der Waals surface area contributed by atoms with Gasteiger partial charge in [-0.1, -0.05) is 24.3 Å². The molecule has 5 nitrogen and oxygen atoms in total. The first kappa shape index (κ1) is 15.6. The van der Waals surface area contributed by atoms with E-state index in [1.54, 1.807) is 22.6 Å². The molecule has 0 aromatic heterocycles. The smallest absolute Gasteiger partial charge is 0.293 e. The van der Waals surface area contributed by atoms with Crippen LogP contribution in [0.2, 0.25) is 0 Å². The third-order valence-corrected chi connectivity index (χ3v) is 3.80. The van der Waals surface area contributed by atoms with E-state index in [9.17, 15) is 14.5 Å². The molecule has 0 atom stereocenters. The summed E-state index contributed by atoms with van der Waals surface area (Å²) < 4.78 is 13.8. The number of anilines is 1. The van der Waals surface area contributed by atoms with Gasteiger partial charge in [0.1, 0.15) is 11.5 Å². The summed E-state index contributed by atoms with van der Waals surface area (Å²) >= 11 is 1.73. The maximum absolute atomic E-state index is 13.6. The molecule has 0 saturated carbocycles. The number of nitrogens with zero attached hydrogens (tertiary/aromatic N) is 1. The van der Waals surface area contributed by atoms with Gasteiger partial charge in [-0.05, 0) is 33.7 Å². The monoisotopic (exact) mass is 401 g/mol. The molecule has 0 bridgehead atoms. The molecule has 21 heavy (non-hydrogen) atoms. The Hall–Kier alpha value is -1.74. The average molecular weight is 401 g/mol. The molecule has 110 valence electrons. The van der Waals surface area contributed by atoms with Crippen molar-refractivity contribution in [1.29, 1.82) is 0 Å². The van der Waals surface area contributed by atoms with Crippen LogP contribution in [0, 0.1) is 19.5 Å². The van der Waals surface area contributed by atoms with Crippen molar-refractivity contribution < 1.29 is 9.31 Å². The number of hydrogen-bond acceptors (Lipinski definition) is 4. The summed E-state index contributed by atoms with van der Waals surface area (Å²) in [4.78, 5) is 10.5. The lowest BCUT2D eigenvalue weighted by Crippen LogP contribution is -2.04. The Morgan fingerprint density at radius 2 is 1.86 bits per heavy atom. The lowest BCUT2D eigenvalue weighted by Gasteiger charge is -2.09. The van der Waals surface area contributed by atoms with Gasteiger partial charge in [-0.25, -0.2) is 4.39 Å². The molecule has 0 aliphatic heterocycles. The molecule has 3 N–H and O–H groups in total. The van der Waals surface area contributed by atoms with Gasteiger partial charge in [0.05, 0.1) is 8.49 Å². The minimum atomic E-state index is -0.526. The van der Waals surface area contributed by atoms with Gasteiger partial charge < -0.3 is 11.1 Å². The molecule has 0 amide bonds. The van der Waals surface area contributed by atoms with E-state index < -0.39 is 10.7 Å². The van der Waals surface area contributed by atoms with Crippen LogP contribution in [0.4, 0.5) is 15.8 Å². The number of nitrogens with one attached hydrogen (secondary N) is 1. The van der Waals surface area contributed by atoms with Crippen molar-refractivity contribution in [2.24, 2.45) is 5.73 Å². The molecule has 2 rings (SSSR count). The Bertz CT molecular complexity index is 662. The van der Waals surface area contributed by atoms with E-state index in [1.165, 1.54) is 6.07 Å². The summed E-state index contributed by atoms with van der Waals surface area (Å²) in [5.41, 5.74) is 7.48. The minimum Gasteiger partial charge on any atom is -0.375 e. The van der Waals surface area contributed by atoms with Crippen molar-refractivity contribution in [2.75, 3.05) is 5.32 Å². The number of nitro benzene ring substituents is 1. The SMILES string of the molecule is NCc1ccc(CNc2cc(F)c(I)cc2[N+](=O)[O-])cc1. The number of halogens is 2. The molecule has 0 spiro atoms. The van der Waals surface area contributed by atoms with E-state index in [0.29, 0.717) is 13.1 Å². The Labute approximate surface area is 134 Å². The van der Waals surface area contributed by atoms with Crippen molar-refractivity contribution in [3.05, 3.63) is 67.0 Å². The predicted molar refractivity (Wildman–Crippen MR) is 87.4 cm³/mol. The highest BCUT2D eigenvalue weighted by atomic mass is 127. The number of hydrogen-bond donors (Lipinski definition) is 2. The molecule has 0 unspecified atom stereocenters. The number of nitro groups is 1. The fourth-order valence-corrected chi connectivity index (χ4v) is 2.27. The fourth-order valence-electron chi connectivity index (χ4n) is 1.82. The van der Waals surface area contributed by atoms with Gasteiger partial charge in [-0.2, -0.15) is 0 Å². The third kappa shape index (κ3) is 3.88. The Morgan fingerprint density at radius 1 is 1.24 bits per heavy atom. The van der Waals surface area contributed by atoms with Crippen molar-refractivity contribution >= 4 is 34.0 Å². The zero-order valence-electron chi connectivity index (χ0n) is 11.0. The van der Waals surface area contributed by atoms with E-state index >= 15 is 0 Å². The van der Waals surface area contributed by atoms with Crippen LogP contribution in [0.5, 0.6) is 0 Å². The minimum absolute atomic E-state index is 0.139. The van der Waals surface area contributed by atoms with Gasteiger partial charge in [0.2, 0.25) is 0 Å². The van der Waals surface area contributed by atoms with Crippen molar-refractivity contribution in [1.82, 2.24) is 0 Å². The van der Waals surface area contributed by atoms with E-state index in [-0.39, 0.29) is 14.9 Å². The zero-order valence-corrected chi connectivity index (χ0v) is 13.1. The maximum Gasteiger partial charge on any atom is 0.293 e. The van der Waals surface area contributed by atoms with Crippen LogP contribution in [-0.2, 0) is 13.1 Å². The van der Waals surface area contributed by atoms with E-state index in [4.69, 9.17) is 5.73 Å². The number of rotatable bonds is 5. The lowest BCUT2D eigenvalue weighted by molar-refractivity contribution is -0.384. The van der Waals surface area contributed by atoms with Gasteiger partial charge in [-0.3, -0.25) is 10.1 Å². The van der Waals surface area contributed by atoms with E-state index in [0.717, 1.165) is 17.2 Å². The van der Waals surface area contributed by atoms with Crippen LogP contribution >= 0.6 is 22.6 Å². The van der Waals surface area contributed by atoms with Crippen LogP contribution in [0.1, 0.15) is 11.1 Å². The highest BCUT2D eigenvalue weighted by molar-refractivity contribution is 14.1. The number of benzene rings is 2. The second-order valence-corrected chi connectivity index (χ2v) is 5.58. The van der Waals surface area contributed by atoms with E-state index in [1.807, 2.05) is 24.3 Å². The molecule has 0 saturated heterocycles. The molecule has 0 aliphatic rings. The van der Waals surface area contributed by atoms with Gasteiger partial charge in [0.25, 0.3) is 5.69 Å². The van der Waals surface area contributed by atoms with Crippen molar-refractivity contribution in [3.8, 4) is 0 Å². The first-order valence-corrected chi connectivity index (χ1v) is 7.24. The molecule has 2 aromatic rings. The molecular formula is C14H13FIN3O2. The molecule has 7 heteroatoms. The van der Waals surface area contributed by atoms with E-state index in [2.05, 4.69) is 5.32 Å². The molecule has 0 aliphatic carbocycles. The van der Waals surface area contributed by atoms with Gasteiger partial charge in [-0.15, -0.1) is 0 Å². The van der Waals surface area contributed by atoms with Crippen LogP contribution in [0.3, 0.4) is 0 Å². The summed E-state index contributed by atoms with van der Waals surface area (Å²) in [5, 5.41) is 13.9. The average Bonchev–Trinajstić information content (AvgIpc) is 2.48. The Balaban J connectivity index is 2.18. The topological polar surface area (TPSA) is 81.2 Å². The molecule has 2 aromatic carbocycles. The highest BCUT2D eigenvalue weighted by Gasteiger charge is 2.17. The van der Waals surface area contributed by atoms with Crippen LogP contribution in [-0.4, -0.2) is 4.92 Å².